The Morgan fingerprint density at radius 1 is 1.20 bits per heavy atom. The first-order valence-electron chi connectivity index (χ1n) is 12.4. The Labute approximate surface area is 228 Å². The van der Waals surface area contributed by atoms with Gasteiger partial charge in [0, 0.05) is 24.2 Å². The minimum Gasteiger partial charge on any atom is -0.382 e. The summed E-state index contributed by atoms with van der Waals surface area (Å²) >= 11 is 0. The van der Waals surface area contributed by atoms with Gasteiger partial charge < -0.3 is 21.1 Å². The zero-order valence-corrected chi connectivity index (χ0v) is 21.5. The topological polar surface area (TPSA) is 129 Å². The van der Waals surface area contributed by atoms with Crippen LogP contribution in [0.15, 0.2) is 36.7 Å². The minimum atomic E-state index is -5.27. The highest BCUT2D eigenvalue weighted by Gasteiger charge is 2.58. The number of aromatic nitrogens is 3. The van der Waals surface area contributed by atoms with Gasteiger partial charge in [0.15, 0.2) is 5.82 Å². The largest absolute Gasteiger partial charge is 0.426 e. The van der Waals surface area contributed by atoms with Crippen LogP contribution >= 0.6 is 0 Å². The van der Waals surface area contributed by atoms with Crippen LogP contribution in [0.4, 0.5) is 32.2 Å². The van der Waals surface area contributed by atoms with Crippen LogP contribution in [0.25, 0.3) is 16.8 Å². The van der Waals surface area contributed by atoms with Gasteiger partial charge >= 0.3 is 6.18 Å². The van der Waals surface area contributed by atoms with E-state index in [9.17, 15) is 41.0 Å². The lowest BCUT2D eigenvalue weighted by atomic mass is 10.1. The summed E-state index contributed by atoms with van der Waals surface area (Å²) < 4.78 is 82.1. The smallest absolute Gasteiger partial charge is 0.382 e. The number of fused-ring (bicyclic) bond motifs is 1. The van der Waals surface area contributed by atoms with Crippen LogP contribution in [-0.2, 0) is 11.3 Å². The van der Waals surface area contributed by atoms with Gasteiger partial charge in [-0.05, 0) is 30.7 Å². The molecular weight excluding hydrogens is 560 g/mol. The van der Waals surface area contributed by atoms with E-state index < -0.39 is 67.9 Å². The zero-order valence-electron chi connectivity index (χ0n) is 21.5. The molecule has 2 aromatic heterocycles. The van der Waals surface area contributed by atoms with Crippen molar-refractivity contribution in [3.8, 4) is 11.3 Å². The van der Waals surface area contributed by atoms with Gasteiger partial charge in [0.05, 0.1) is 31.4 Å². The SMILES string of the molecule is C[C@@](O)(C(=O)N1C[C@H](F)[C@H](NC(=O)c2cccc(-c3cc(CN4CC(F)(F)C4)c4c(N)ncnn34)c2)C1)C(F)(F)F. The number of likely N-dealkylation sites (tertiary alicyclic amines) is 2. The molecule has 0 spiro atoms. The summed E-state index contributed by atoms with van der Waals surface area (Å²) in [5.41, 5.74) is 4.38. The number of rotatable bonds is 6. The van der Waals surface area contributed by atoms with Crippen LogP contribution in [0.1, 0.15) is 22.8 Å². The van der Waals surface area contributed by atoms with Crippen molar-refractivity contribution in [1.29, 1.82) is 0 Å². The predicted molar refractivity (Wildman–Crippen MR) is 132 cm³/mol. The van der Waals surface area contributed by atoms with E-state index in [1.165, 1.54) is 27.9 Å². The number of halogens is 6. The summed E-state index contributed by atoms with van der Waals surface area (Å²) in [6, 6.07) is 6.48. The molecule has 2 aliphatic heterocycles. The molecule has 5 rings (SSSR count). The second kappa shape index (κ2) is 9.87. The minimum absolute atomic E-state index is 0.0719. The number of benzene rings is 1. The monoisotopic (exact) mass is 585 g/mol. The first kappa shape index (κ1) is 28.6. The van der Waals surface area contributed by atoms with Crippen molar-refractivity contribution in [1.82, 2.24) is 29.7 Å². The Kier molecular flexibility index (Phi) is 6.88. The van der Waals surface area contributed by atoms with Crippen LogP contribution in [0.2, 0.25) is 0 Å². The number of hydrogen-bond acceptors (Lipinski definition) is 7. The quantitative estimate of drug-likeness (QED) is 0.378. The number of alkyl halides is 6. The molecule has 41 heavy (non-hydrogen) atoms. The van der Waals surface area contributed by atoms with Crippen molar-refractivity contribution in [2.45, 2.75) is 43.4 Å². The maximum atomic E-state index is 14.7. The van der Waals surface area contributed by atoms with Crippen molar-refractivity contribution in [3.05, 3.63) is 47.8 Å². The molecule has 2 amide bonds. The number of amides is 2. The van der Waals surface area contributed by atoms with E-state index in [4.69, 9.17) is 5.73 Å². The molecule has 4 heterocycles. The summed E-state index contributed by atoms with van der Waals surface area (Å²) in [6.07, 6.45) is -5.92. The van der Waals surface area contributed by atoms with Crippen LogP contribution in [0.3, 0.4) is 0 Å². The molecule has 10 nitrogen and oxygen atoms in total. The molecule has 0 bridgehead atoms. The van der Waals surface area contributed by atoms with Gasteiger partial charge in [-0.1, -0.05) is 12.1 Å². The Bertz CT molecular complexity index is 1500. The van der Waals surface area contributed by atoms with E-state index >= 15 is 0 Å². The van der Waals surface area contributed by atoms with Crippen molar-refractivity contribution < 1.29 is 41.0 Å². The van der Waals surface area contributed by atoms with Crippen LogP contribution in [0.5, 0.6) is 0 Å². The van der Waals surface area contributed by atoms with Gasteiger partial charge in [-0.2, -0.15) is 18.3 Å². The molecule has 0 radical (unpaired) electrons. The fraction of sp³-hybridized carbons (Fsp3) is 0.440. The number of aliphatic hydroxyl groups is 1. The zero-order chi connectivity index (χ0) is 29.9. The highest BCUT2D eigenvalue weighted by atomic mass is 19.4. The Morgan fingerprint density at radius 3 is 2.56 bits per heavy atom. The number of nitrogens with zero attached hydrogens (tertiary/aromatic N) is 5. The molecule has 0 saturated carbocycles. The van der Waals surface area contributed by atoms with Gasteiger partial charge in [0.1, 0.15) is 18.0 Å². The number of hydrogen-bond donors (Lipinski definition) is 3. The molecule has 2 aliphatic rings. The van der Waals surface area contributed by atoms with Crippen molar-refractivity contribution in [2.75, 3.05) is 31.9 Å². The Hall–Kier alpha value is -3.92. The summed E-state index contributed by atoms with van der Waals surface area (Å²) in [6.45, 7) is -1.68. The van der Waals surface area contributed by atoms with Gasteiger partial charge in [-0.15, -0.1) is 0 Å². The van der Waals surface area contributed by atoms with Crippen molar-refractivity contribution in [2.24, 2.45) is 0 Å². The van der Waals surface area contributed by atoms with Crippen LogP contribution < -0.4 is 11.1 Å². The number of nitrogen functional groups attached to an aromatic ring is 1. The first-order chi connectivity index (χ1) is 19.1. The lowest BCUT2D eigenvalue weighted by Crippen LogP contribution is -2.56. The average molecular weight is 586 g/mol. The third kappa shape index (κ3) is 5.28. The molecule has 16 heteroatoms. The standard InChI is InChI=1S/C25H25F6N7O3/c1-23(41,25(29,30)31)22(40)37-8-16(26)17(9-37)35-21(39)14-4-2-3-13(5-14)18-6-15(7-36-10-24(27,28)11-36)19-20(32)33-12-34-38(18)19/h2-6,12,16-17,41H,7-11H2,1H3,(H,35,39)(H2,32,33,34)/t16-,17+,23+/m0/s1. The van der Waals surface area contributed by atoms with Gasteiger partial charge in [-0.25, -0.2) is 22.7 Å². The fourth-order valence-corrected chi connectivity index (χ4v) is 5.00. The summed E-state index contributed by atoms with van der Waals surface area (Å²) in [7, 11) is 0. The molecule has 0 unspecified atom stereocenters. The van der Waals surface area contributed by atoms with Crippen LogP contribution in [0, 0.1) is 0 Å². The molecule has 3 atom stereocenters. The van der Waals surface area contributed by atoms with E-state index in [2.05, 4.69) is 15.4 Å². The van der Waals surface area contributed by atoms with Gasteiger partial charge in [-0.3, -0.25) is 14.5 Å². The highest BCUT2D eigenvalue weighted by Crippen LogP contribution is 2.34. The summed E-state index contributed by atoms with van der Waals surface area (Å²) in [5, 5.41) is 16.3. The number of nitrogens with two attached hydrogens (primary N) is 1. The molecule has 1 aromatic carbocycles. The number of anilines is 1. The third-order valence-electron chi connectivity index (χ3n) is 7.21. The summed E-state index contributed by atoms with van der Waals surface area (Å²) in [5.74, 6) is -5.11. The summed E-state index contributed by atoms with van der Waals surface area (Å²) in [4.78, 5) is 31.3. The number of carbonyl (C=O) groups is 2. The normalized spacial score (nSPS) is 22.4. The van der Waals surface area contributed by atoms with Gasteiger partial charge in [0.2, 0.25) is 5.60 Å². The lowest BCUT2D eigenvalue weighted by Gasteiger charge is -2.38. The van der Waals surface area contributed by atoms with Gasteiger partial charge in [0.25, 0.3) is 17.7 Å². The molecule has 2 fully saturated rings. The van der Waals surface area contributed by atoms with E-state index in [-0.39, 0.29) is 24.8 Å². The number of nitrogens with one attached hydrogen (secondary N) is 1. The Morgan fingerprint density at radius 2 is 1.90 bits per heavy atom. The maximum Gasteiger partial charge on any atom is 0.426 e. The molecule has 3 aromatic rings. The highest BCUT2D eigenvalue weighted by molar-refractivity contribution is 5.96. The molecule has 220 valence electrons. The number of carbonyl (C=O) groups excluding carboxylic acids is 2. The predicted octanol–water partition coefficient (Wildman–Crippen LogP) is 2.02. The lowest BCUT2D eigenvalue weighted by molar-refractivity contribution is -0.249. The maximum absolute atomic E-state index is 14.7. The Balaban J connectivity index is 1.35. The average Bonchev–Trinajstić information content (AvgIpc) is 3.43. The van der Waals surface area contributed by atoms with E-state index in [0.29, 0.717) is 27.2 Å². The second-order valence-electron chi connectivity index (χ2n) is 10.4. The third-order valence-corrected chi connectivity index (χ3v) is 7.21. The molecular formula is C25H25F6N7O3. The van der Waals surface area contributed by atoms with Crippen molar-refractivity contribution >= 4 is 23.1 Å². The molecule has 4 N–H and O–H groups in total. The molecule has 0 aliphatic carbocycles. The van der Waals surface area contributed by atoms with E-state index in [1.807, 2.05) is 0 Å². The second-order valence-corrected chi connectivity index (χ2v) is 10.4. The first-order valence-corrected chi connectivity index (χ1v) is 12.4. The van der Waals surface area contributed by atoms with E-state index in [0.717, 1.165) is 0 Å². The van der Waals surface area contributed by atoms with Crippen molar-refractivity contribution in [3.63, 3.8) is 0 Å². The van der Waals surface area contributed by atoms with Crippen LogP contribution in [-0.4, -0.2) is 97.4 Å². The molecule has 2 saturated heterocycles. The fourth-order valence-electron chi connectivity index (χ4n) is 5.00. The van der Waals surface area contributed by atoms with E-state index in [1.54, 1.807) is 18.2 Å².